The van der Waals surface area contributed by atoms with Crippen LogP contribution in [0.3, 0.4) is 0 Å². The van der Waals surface area contributed by atoms with E-state index in [1.165, 1.54) is 28.0 Å². The highest BCUT2D eigenvalue weighted by molar-refractivity contribution is 5.85. The fourth-order valence-corrected chi connectivity index (χ4v) is 4.08. The molecule has 27 heavy (non-hydrogen) atoms. The maximum absolute atomic E-state index is 5.52. The van der Waals surface area contributed by atoms with E-state index < -0.39 is 0 Å². The van der Waals surface area contributed by atoms with Gasteiger partial charge in [0, 0.05) is 50.9 Å². The van der Waals surface area contributed by atoms with Crippen molar-refractivity contribution in [3.8, 4) is 5.75 Å². The first kappa shape index (κ1) is 18.1. The zero-order valence-electron chi connectivity index (χ0n) is 16.3. The molecule has 0 aliphatic carbocycles. The molecular formula is C23H28N2O2. The van der Waals surface area contributed by atoms with Crippen LogP contribution in [0.4, 0.5) is 0 Å². The van der Waals surface area contributed by atoms with Gasteiger partial charge in [-0.1, -0.05) is 36.4 Å². The first-order valence-electron chi connectivity index (χ1n) is 9.73. The Morgan fingerprint density at radius 3 is 2.56 bits per heavy atom. The molecule has 0 saturated carbocycles. The van der Waals surface area contributed by atoms with Crippen LogP contribution in [-0.4, -0.2) is 56.8 Å². The number of ether oxygens (including phenoxy) is 2. The van der Waals surface area contributed by atoms with Gasteiger partial charge >= 0.3 is 0 Å². The molecule has 2 aliphatic rings. The van der Waals surface area contributed by atoms with Gasteiger partial charge in [-0.15, -0.1) is 0 Å². The van der Waals surface area contributed by atoms with Crippen molar-refractivity contribution in [2.45, 2.75) is 13.0 Å². The summed E-state index contributed by atoms with van der Waals surface area (Å²) in [4.78, 5) is 4.92. The molecule has 4 heteroatoms. The second kappa shape index (κ2) is 8.15. The second-order valence-electron chi connectivity index (χ2n) is 7.27. The molecule has 2 aromatic rings. The van der Waals surface area contributed by atoms with Gasteiger partial charge in [0.1, 0.15) is 5.75 Å². The Morgan fingerprint density at radius 1 is 1.04 bits per heavy atom. The molecule has 0 aromatic heterocycles. The van der Waals surface area contributed by atoms with Gasteiger partial charge in [-0.25, -0.2) is 0 Å². The lowest BCUT2D eigenvalue weighted by atomic mass is 9.87. The Bertz CT molecular complexity index is 810. The molecule has 2 aromatic carbocycles. The van der Waals surface area contributed by atoms with Crippen molar-refractivity contribution in [2.24, 2.45) is 0 Å². The van der Waals surface area contributed by atoms with E-state index in [1.54, 1.807) is 7.11 Å². The van der Waals surface area contributed by atoms with Crippen molar-refractivity contribution in [2.75, 3.05) is 47.0 Å². The number of benzene rings is 2. The van der Waals surface area contributed by atoms with Crippen molar-refractivity contribution in [3.05, 3.63) is 70.9 Å². The summed E-state index contributed by atoms with van der Waals surface area (Å²) in [6, 6.07) is 17.2. The molecule has 0 unspecified atom stereocenters. The number of fused-ring (bicyclic) bond motifs is 1. The predicted molar refractivity (Wildman–Crippen MR) is 109 cm³/mol. The molecule has 2 heterocycles. The minimum absolute atomic E-state index is 0.848. The first-order valence-corrected chi connectivity index (χ1v) is 9.73. The minimum atomic E-state index is 0.848. The molecule has 1 fully saturated rings. The van der Waals surface area contributed by atoms with E-state index in [4.69, 9.17) is 9.47 Å². The summed E-state index contributed by atoms with van der Waals surface area (Å²) in [5.74, 6) is 0.916. The van der Waals surface area contributed by atoms with E-state index in [-0.39, 0.29) is 0 Å². The number of morpholine rings is 1. The van der Waals surface area contributed by atoms with Crippen molar-refractivity contribution in [3.63, 3.8) is 0 Å². The molecule has 2 aliphatic heterocycles. The molecule has 4 rings (SSSR count). The fourth-order valence-electron chi connectivity index (χ4n) is 4.08. The summed E-state index contributed by atoms with van der Waals surface area (Å²) in [7, 11) is 3.95. The lowest BCUT2D eigenvalue weighted by Crippen LogP contribution is -2.38. The fraction of sp³-hybridized carbons (Fsp3) is 0.391. The normalized spacial score (nSPS) is 17.8. The third kappa shape index (κ3) is 3.87. The SMILES string of the molecule is COc1ccc2c(c1)C(c1ccccc1)=C(CCN1CCOCC1)N(C)C2. The topological polar surface area (TPSA) is 24.9 Å². The van der Waals surface area contributed by atoms with Gasteiger partial charge in [-0.2, -0.15) is 0 Å². The Kier molecular flexibility index (Phi) is 5.46. The second-order valence-corrected chi connectivity index (χ2v) is 7.27. The summed E-state index contributed by atoms with van der Waals surface area (Å²) < 4.78 is 11.0. The highest BCUT2D eigenvalue weighted by Gasteiger charge is 2.25. The molecule has 0 amide bonds. The van der Waals surface area contributed by atoms with E-state index in [0.29, 0.717) is 0 Å². The average molecular weight is 364 g/mol. The monoisotopic (exact) mass is 364 g/mol. The van der Waals surface area contributed by atoms with Gasteiger partial charge in [0.25, 0.3) is 0 Å². The van der Waals surface area contributed by atoms with Crippen LogP contribution < -0.4 is 4.74 Å². The zero-order valence-corrected chi connectivity index (χ0v) is 16.3. The smallest absolute Gasteiger partial charge is 0.119 e. The lowest BCUT2D eigenvalue weighted by molar-refractivity contribution is 0.0377. The summed E-state index contributed by atoms with van der Waals surface area (Å²) in [5.41, 5.74) is 6.68. The molecular weight excluding hydrogens is 336 g/mol. The van der Waals surface area contributed by atoms with Gasteiger partial charge < -0.3 is 14.4 Å². The van der Waals surface area contributed by atoms with Crippen LogP contribution in [0.15, 0.2) is 54.2 Å². The molecule has 4 nitrogen and oxygen atoms in total. The summed E-state index contributed by atoms with van der Waals surface area (Å²) >= 11 is 0. The van der Waals surface area contributed by atoms with Crippen LogP contribution in [0, 0.1) is 0 Å². The van der Waals surface area contributed by atoms with E-state index >= 15 is 0 Å². The molecule has 0 radical (unpaired) electrons. The van der Waals surface area contributed by atoms with Gasteiger partial charge in [0.15, 0.2) is 0 Å². The van der Waals surface area contributed by atoms with Crippen LogP contribution in [0.2, 0.25) is 0 Å². The van der Waals surface area contributed by atoms with E-state index in [1.807, 2.05) is 0 Å². The van der Waals surface area contributed by atoms with Crippen LogP contribution in [-0.2, 0) is 11.3 Å². The van der Waals surface area contributed by atoms with Crippen molar-refractivity contribution in [1.29, 1.82) is 0 Å². The molecule has 0 bridgehead atoms. The standard InChI is InChI=1S/C23H28N2O2/c1-24-17-19-8-9-20(26-2)16-21(19)23(18-6-4-3-5-7-18)22(24)10-11-25-12-14-27-15-13-25/h3-9,16H,10-15,17H2,1-2H3. The number of hydrogen-bond donors (Lipinski definition) is 0. The Hall–Kier alpha value is -2.30. The van der Waals surface area contributed by atoms with Crippen molar-refractivity contribution in [1.82, 2.24) is 9.80 Å². The molecule has 0 N–H and O–H groups in total. The average Bonchev–Trinajstić information content (AvgIpc) is 2.73. The van der Waals surface area contributed by atoms with E-state index in [9.17, 15) is 0 Å². The van der Waals surface area contributed by atoms with Gasteiger partial charge in [0.05, 0.1) is 20.3 Å². The third-order valence-corrected chi connectivity index (χ3v) is 5.57. The molecule has 1 saturated heterocycles. The van der Waals surface area contributed by atoms with Crippen LogP contribution in [0.25, 0.3) is 5.57 Å². The summed E-state index contributed by atoms with van der Waals surface area (Å²) in [6.07, 6.45) is 1.04. The molecule has 0 atom stereocenters. The highest BCUT2D eigenvalue weighted by Crippen LogP contribution is 2.38. The van der Waals surface area contributed by atoms with Crippen LogP contribution in [0.5, 0.6) is 5.75 Å². The van der Waals surface area contributed by atoms with E-state index in [0.717, 1.165) is 51.6 Å². The van der Waals surface area contributed by atoms with Gasteiger partial charge in [-0.3, -0.25) is 4.90 Å². The summed E-state index contributed by atoms with van der Waals surface area (Å²) in [5, 5.41) is 0. The number of hydrogen-bond acceptors (Lipinski definition) is 4. The quantitative estimate of drug-likeness (QED) is 0.809. The third-order valence-electron chi connectivity index (χ3n) is 5.57. The van der Waals surface area contributed by atoms with Gasteiger partial charge in [-0.05, 0) is 28.8 Å². The maximum Gasteiger partial charge on any atom is 0.119 e. The van der Waals surface area contributed by atoms with Gasteiger partial charge in [0.2, 0.25) is 0 Å². The minimum Gasteiger partial charge on any atom is -0.497 e. The Labute approximate surface area is 162 Å². The highest BCUT2D eigenvalue weighted by atomic mass is 16.5. The van der Waals surface area contributed by atoms with Crippen LogP contribution in [0.1, 0.15) is 23.1 Å². The molecule has 0 spiro atoms. The Balaban J connectivity index is 1.74. The van der Waals surface area contributed by atoms with E-state index in [2.05, 4.69) is 65.4 Å². The maximum atomic E-state index is 5.52. The van der Waals surface area contributed by atoms with Crippen molar-refractivity contribution < 1.29 is 9.47 Å². The first-order chi connectivity index (χ1) is 13.3. The molecule has 142 valence electrons. The zero-order chi connectivity index (χ0) is 18.6. The van der Waals surface area contributed by atoms with Crippen LogP contribution >= 0.6 is 0 Å². The largest absolute Gasteiger partial charge is 0.497 e. The predicted octanol–water partition coefficient (Wildman–Crippen LogP) is 3.62. The van der Waals surface area contributed by atoms with Crippen molar-refractivity contribution >= 4 is 5.57 Å². The number of rotatable bonds is 5. The number of nitrogens with zero attached hydrogens (tertiary/aromatic N) is 2. The lowest BCUT2D eigenvalue weighted by Gasteiger charge is -2.35. The summed E-state index contributed by atoms with van der Waals surface area (Å²) in [6.45, 7) is 5.76. The Morgan fingerprint density at radius 2 is 1.81 bits per heavy atom. The number of methoxy groups -OCH3 is 1.